The Balaban J connectivity index is 2.21. The Kier molecular flexibility index (Phi) is 4.16. The lowest BCUT2D eigenvalue weighted by Crippen LogP contribution is -2.02. The molecule has 1 N–H and O–H groups in total. The molecular weight excluding hydrogens is 260 g/mol. The molecule has 2 aromatic rings. The van der Waals surface area contributed by atoms with Crippen LogP contribution in [0.5, 0.6) is 0 Å². The van der Waals surface area contributed by atoms with Crippen LogP contribution in [-0.4, -0.2) is 16.1 Å². The number of rotatable bonds is 4. The van der Waals surface area contributed by atoms with Gasteiger partial charge in [-0.15, -0.1) is 11.8 Å². The van der Waals surface area contributed by atoms with Gasteiger partial charge in [0.15, 0.2) is 0 Å². The van der Waals surface area contributed by atoms with Crippen molar-refractivity contribution in [2.75, 3.05) is 0 Å². The Morgan fingerprint density at radius 1 is 1.26 bits per heavy atom. The third-order valence-electron chi connectivity index (χ3n) is 2.42. The zero-order valence-electron chi connectivity index (χ0n) is 9.91. The lowest BCUT2D eigenvalue weighted by atomic mass is 10.2. The van der Waals surface area contributed by atoms with E-state index >= 15 is 0 Å². The summed E-state index contributed by atoms with van der Waals surface area (Å²) in [5.74, 6) is -0.447. The maximum absolute atomic E-state index is 10.9. The Morgan fingerprint density at radius 3 is 2.63 bits per heavy atom. The number of hydrogen-bond acceptors (Lipinski definition) is 4. The zero-order valence-corrected chi connectivity index (χ0v) is 10.7. The summed E-state index contributed by atoms with van der Waals surface area (Å²) in [5.41, 5.74) is 1.44. The van der Waals surface area contributed by atoms with Crippen molar-refractivity contribution in [2.45, 2.75) is 10.8 Å². The van der Waals surface area contributed by atoms with Crippen molar-refractivity contribution in [1.29, 1.82) is 5.26 Å². The summed E-state index contributed by atoms with van der Waals surface area (Å²) < 4.78 is 0. The average Bonchev–Trinajstić information content (AvgIpc) is 2.45. The topological polar surface area (TPSA) is 74.0 Å². The first-order valence-electron chi connectivity index (χ1n) is 5.52. The summed E-state index contributed by atoms with van der Waals surface area (Å²) in [5, 5.41) is 18.3. The second-order valence-corrected chi connectivity index (χ2v) is 4.70. The van der Waals surface area contributed by atoms with Crippen LogP contribution in [0.2, 0.25) is 0 Å². The Labute approximate surface area is 114 Å². The van der Waals surface area contributed by atoms with Crippen LogP contribution in [0, 0.1) is 11.3 Å². The summed E-state index contributed by atoms with van der Waals surface area (Å²) in [6.45, 7) is 0. The number of carbonyl (C=O) groups is 1. The molecule has 0 aliphatic heterocycles. The average molecular weight is 270 g/mol. The van der Waals surface area contributed by atoms with Gasteiger partial charge >= 0.3 is 5.97 Å². The first-order chi connectivity index (χ1) is 9.20. The fourth-order valence-corrected chi connectivity index (χ4v) is 2.41. The minimum Gasteiger partial charge on any atom is -0.477 e. The van der Waals surface area contributed by atoms with Crippen LogP contribution in [0.1, 0.15) is 21.6 Å². The number of aromatic carboxylic acids is 1. The van der Waals surface area contributed by atoms with E-state index in [4.69, 9.17) is 10.4 Å². The molecule has 0 aliphatic rings. The van der Waals surface area contributed by atoms with Crippen molar-refractivity contribution in [3.05, 3.63) is 59.3 Å². The normalized spacial score (nSPS) is 9.84. The molecule has 0 saturated heterocycles. The molecule has 4 nitrogen and oxygen atoms in total. The van der Waals surface area contributed by atoms with Crippen LogP contribution in [-0.2, 0) is 5.75 Å². The first-order valence-corrected chi connectivity index (χ1v) is 6.50. The Morgan fingerprint density at radius 2 is 2.00 bits per heavy atom. The fourth-order valence-electron chi connectivity index (χ4n) is 1.48. The SMILES string of the molecule is N#Cc1ccc(C(=O)O)nc1SCc1ccccc1. The third kappa shape index (κ3) is 3.33. The van der Waals surface area contributed by atoms with Gasteiger partial charge in [-0.25, -0.2) is 9.78 Å². The molecule has 0 spiro atoms. The molecule has 94 valence electrons. The monoisotopic (exact) mass is 270 g/mol. The highest BCUT2D eigenvalue weighted by molar-refractivity contribution is 7.98. The lowest BCUT2D eigenvalue weighted by molar-refractivity contribution is 0.0689. The van der Waals surface area contributed by atoms with E-state index < -0.39 is 5.97 Å². The van der Waals surface area contributed by atoms with Crippen molar-refractivity contribution in [1.82, 2.24) is 4.98 Å². The third-order valence-corrected chi connectivity index (χ3v) is 3.48. The standard InChI is InChI=1S/C14H10N2O2S/c15-8-11-6-7-12(14(17)18)16-13(11)19-9-10-4-2-1-3-5-10/h1-7H,9H2,(H,17,18). The molecule has 0 fully saturated rings. The number of nitrogens with zero attached hydrogens (tertiary/aromatic N) is 2. The molecule has 2 rings (SSSR count). The van der Waals surface area contributed by atoms with E-state index in [1.54, 1.807) is 0 Å². The first kappa shape index (κ1) is 13.1. The number of benzene rings is 1. The van der Waals surface area contributed by atoms with Crippen LogP contribution in [0.25, 0.3) is 0 Å². The number of hydrogen-bond donors (Lipinski definition) is 1. The lowest BCUT2D eigenvalue weighted by Gasteiger charge is -2.04. The van der Waals surface area contributed by atoms with Crippen LogP contribution in [0.4, 0.5) is 0 Å². The molecule has 0 radical (unpaired) electrons. The molecule has 1 aromatic heterocycles. The molecule has 0 unspecified atom stereocenters. The second kappa shape index (κ2) is 6.03. The number of nitriles is 1. The van der Waals surface area contributed by atoms with Gasteiger partial charge in [0.1, 0.15) is 16.8 Å². The van der Waals surface area contributed by atoms with E-state index in [-0.39, 0.29) is 5.69 Å². The van der Waals surface area contributed by atoms with Gasteiger partial charge < -0.3 is 5.11 Å². The van der Waals surface area contributed by atoms with Gasteiger partial charge in [-0.2, -0.15) is 5.26 Å². The van der Waals surface area contributed by atoms with E-state index in [9.17, 15) is 4.79 Å². The minimum atomic E-state index is -1.09. The summed E-state index contributed by atoms with van der Waals surface area (Å²) in [6, 6.07) is 14.6. The van der Waals surface area contributed by atoms with Crippen molar-refractivity contribution in [3.8, 4) is 6.07 Å². The molecule has 1 heterocycles. The predicted octanol–water partition coefficient (Wildman–Crippen LogP) is 2.94. The molecule has 0 aliphatic carbocycles. The number of carboxylic acid groups (broad SMARTS) is 1. The molecule has 0 amide bonds. The molecule has 1 aromatic carbocycles. The van der Waals surface area contributed by atoms with Gasteiger partial charge in [0.2, 0.25) is 0 Å². The highest BCUT2D eigenvalue weighted by atomic mass is 32.2. The van der Waals surface area contributed by atoms with Gasteiger partial charge in [0.25, 0.3) is 0 Å². The summed E-state index contributed by atoms with van der Waals surface area (Å²) in [6.07, 6.45) is 0. The summed E-state index contributed by atoms with van der Waals surface area (Å²) in [7, 11) is 0. The number of thioether (sulfide) groups is 1. The van der Waals surface area contributed by atoms with Gasteiger partial charge in [-0.05, 0) is 17.7 Å². The van der Waals surface area contributed by atoms with Gasteiger partial charge in [-0.1, -0.05) is 30.3 Å². The van der Waals surface area contributed by atoms with Crippen LogP contribution < -0.4 is 0 Å². The second-order valence-electron chi connectivity index (χ2n) is 3.74. The van der Waals surface area contributed by atoms with E-state index in [0.29, 0.717) is 16.3 Å². The largest absolute Gasteiger partial charge is 0.477 e. The molecule has 19 heavy (non-hydrogen) atoms. The maximum atomic E-state index is 10.9. The van der Waals surface area contributed by atoms with E-state index in [0.717, 1.165) is 5.56 Å². The smallest absolute Gasteiger partial charge is 0.354 e. The Hall–Kier alpha value is -2.32. The van der Waals surface area contributed by atoms with Crippen LogP contribution in [0.3, 0.4) is 0 Å². The quantitative estimate of drug-likeness (QED) is 0.864. The van der Waals surface area contributed by atoms with Gasteiger partial charge in [0.05, 0.1) is 5.56 Å². The predicted molar refractivity (Wildman–Crippen MR) is 71.9 cm³/mol. The summed E-state index contributed by atoms with van der Waals surface area (Å²) in [4.78, 5) is 14.9. The number of pyridine rings is 1. The maximum Gasteiger partial charge on any atom is 0.354 e. The van der Waals surface area contributed by atoms with Crippen molar-refractivity contribution < 1.29 is 9.90 Å². The van der Waals surface area contributed by atoms with Crippen LogP contribution >= 0.6 is 11.8 Å². The van der Waals surface area contributed by atoms with E-state index in [1.165, 1.54) is 23.9 Å². The fraction of sp³-hybridized carbons (Fsp3) is 0.0714. The molecular formula is C14H10N2O2S. The van der Waals surface area contributed by atoms with Gasteiger partial charge in [-0.3, -0.25) is 0 Å². The highest BCUT2D eigenvalue weighted by Crippen LogP contribution is 2.24. The number of carboxylic acids is 1. The van der Waals surface area contributed by atoms with Crippen molar-refractivity contribution in [3.63, 3.8) is 0 Å². The van der Waals surface area contributed by atoms with E-state index in [2.05, 4.69) is 4.98 Å². The molecule has 0 atom stereocenters. The molecule has 0 saturated carbocycles. The van der Waals surface area contributed by atoms with Gasteiger partial charge in [0, 0.05) is 5.75 Å². The Bertz CT molecular complexity index is 636. The molecule has 5 heteroatoms. The zero-order chi connectivity index (χ0) is 13.7. The van der Waals surface area contributed by atoms with Crippen molar-refractivity contribution >= 4 is 17.7 Å². The minimum absolute atomic E-state index is 0.0467. The summed E-state index contributed by atoms with van der Waals surface area (Å²) >= 11 is 1.36. The number of aromatic nitrogens is 1. The van der Waals surface area contributed by atoms with Crippen LogP contribution in [0.15, 0.2) is 47.5 Å². The van der Waals surface area contributed by atoms with Crippen molar-refractivity contribution in [2.24, 2.45) is 0 Å². The molecule has 0 bridgehead atoms. The highest BCUT2D eigenvalue weighted by Gasteiger charge is 2.10. The van der Waals surface area contributed by atoms with E-state index in [1.807, 2.05) is 36.4 Å².